The lowest BCUT2D eigenvalue weighted by molar-refractivity contribution is 0.0474. The molecule has 0 aromatic heterocycles. The normalized spacial score (nSPS) is 31.9. The second-order valence-corrected chi connectivity index (χ2v) is 9.44. The molecule has 2 aliphatic rings. The second-order valence-electron chi connectivity index (χ2n) is 5.65. The van der Waals surface area contributed by atoms with Gasteiger partial charge in [-0.2, -0.15) is 0 Å². The van der Waals surface area contributed by atoms with Crippen LogP contribution in [-0.4, -0.2) is 47.3 Å². The van der Waals surface area contributed by atoms with Gasteiger partial charge >= 0.3 is 8.56 Å². The van der Waals surface area contributed by atoms with Gasteiger partial charge in [-0.3, -0.25) is 0 Å². The molecule has 19 heavy (non-hydrogen) atoms. The molecule has 1 aliphatic carbocycles. The van der Waals surface area contributed by atoms with Crippen molar-refractivity contribution in [2.75, 3.05) is 20.8 Å². The van der Waals surface area contributed by atoms with E-state index in [0.717, 1.165) is 19.1 Å². The maximum atomic E-state index is 6.00. The number of rotatable bonds is 8. The van der Waals surface area contributed by atoms with E-state index < -0.39 is 8.56 Å². The number of ether oxygens (including phenoxy) is 2. The van der Waals surface area contributed by atoms with Crippen molar-refractivity contribution in [1.82, 2.24) is 0 Å². The molecule has 4 unspecified atom stereocenters. The van der Waals surface area contributed by atoms with E-state index in [0.29, 0.717) is 18.1 Å². The van der Waals surface area contributed by atoms with Gasteiger partial charge in [0.2, 0.25) is 0 Å². The van der Waals surface area contributed by atoms with Crippen LogP contribution in [-0.2, 0) is 18.3 Å². The Morgan fingerprint density at radius 1 is 1.16 bits per heavy atom. The highest BCUT2D eigenvalue weighted by Gasteiger charge is 2.48. The van der Waals surface area contributed by atoms with E-state index in [2.05, 4.69) is 6.92 Å². The highest BCUT2D eigenvalue weighted by molar-refractivity contribution is 6.68. The minimum atomic E-state index is -2.22. The molecule has 0 aromatic carbocycles. The Morgan fingerprint density at radius 3 is 2.42 bits per heavy atom. The Labute approximate surface area is 118 Å². The molecule has 2 fully saturated rings. The Bertz CT molecular complexity index is 274. The standard InChI is InChI=1S/C14H28O4Si/c1-5-17-14(19(6-2,15-3)16-4)10-11-7-8-12-13(9-11)18-12/h11-14H,5-10H2,1-4H3. The summed E-state index contributed by atoms with van der Waals surface area (Å²) in [5.74, 6) is 0.698. The summed E-state index contributed by atoms with van der Waals surface area (Å²) in [6.45, 7) is 4.92. The number of hydrogen-bond donors (Lipinski definition) is 0. The molecule has 112 valence electrons. The van der Waals surface area contributed by atoms with Crippen LogP contribution in [0.25, 0.3) is 0 Å². The van der Waals surface area contributed by atoms with Crippen LogP contribution < -0.4 is 0 Å². The van der Waals surface area contributed by atoms with Crippen LogP contribution in [0.1, 0.15) is 39.5 Å². The average molecular weight is 288 g/mol. The highest BCUT2D eigenvalue weighted by atomic mass is 28.4. The van der Waals surface area contributed by atoms with Crippen LogP contribution >= 0.6 is 0 Å². The van der Waals surface area contributed by atoms with Gasteiger partial charge in [0.05, 0.1) is 12.2 Å². The fourth-order valence-corrected chi connectivity index (χ4v) is 6.28. The maximum absolute atomic E-state index is 6.00. The lowest BCUT2D eigenvalue weighted by atomic mass is 9.87. The van der Waals surface area contributed by atoms with Gasteiger partial charge in [-0.1, -0.05) is 6.92 Å². The Balaban J connectivity index is 1.97. The van der Waals surface area contributed by atoms with Crippen molar-refractivity contribution in [3.05, 3.63) is 0 Å². The average Bonchev–Trinajstić information content (AvgIpc) is 3.20. The Morgan fingerprint density at radius 2 is 1.89 bits per heavy atom. The topological polar surface area (TPSA) is 40.2 Å². The van der Waals surface area contributed by atoms with E-state index in [9.17, 15) is 0 Å². The van der Waals surface area contributed by atoms with Crippen LogP contribution in [0.3, 0.4) is 0 Å². The molecule has 1 saturated heterocycles. The summed E-state index contributed by atoms with van der Waals surface area (Å²) < 4.78 is 23.2. The molecule has 0 aromatic rings. The molecule has 0 N–H and O–H groups in total. The zero-order chi connectivity index (χ0) is 13.9. The Hall–Kier alpha value is 0.0569. The molecule has 2 rings (SSSR count). The SMILES string of the molecule is CCOC(CC1CCC2OC2C1)[Si](CC)(OC)OC. The van der Waals surface area contributed by atoms with Crippen LogP contribution in [0, 0.1) is 5.92 Å². The van der Waals surface area contributed by atoms with Crippen molar-refractivity contribution >= 4 is 8.56 Å². The van der Waals surface area contributed by atoms with Crippen molar-refractivity contribution in [2.45, 2.75) is 63.5 Å². The highest BCUT2D eigenvalue weighted by Crippen LogP contribution is 2.42. The van der Waals surface area contributed by atoms with Gasteiger partial charge in [-0.15, -0.1) is 0 Å². The van der Waals surface area contributed by atoms with Gasteiger partial charge < -0.3 is 18.3 Å². The lowest BCUT2D eigenvalue weighted by Gasteiger charge is -2.36. The first kappa shape index (κ1) is 15.4. The molecule has 4 atom stereocenters. The van der Waals surface area contributed by atoms with Gasteiger partial charge in [0.1, 0.15) is 5.73 Å². The number of hydrogen-bond acceptors (Lipinski definition) is 4. The zero-order valence-electron chi connectivity index (χ0n) is 12.7. The van der Waals surface area contributed by atoms with Gasteiger partial charge in [-0.05, 0) is 44.6 Å². The first-order chi connectivity index (χ1) is 9.19. The quantitative estimate of drug-likeness (QED) is 0.508. The van der Waals surface area contributed by atoms with Crippen molar-refractivity contribution < 1.29 is 18.3 Å². The summed E-state index contributed by atoms with van der Waals surface area (Å²) in [5, 5.41) is 0. The van der Waals surface area contributed by atoms with Crippen molar-refractivity contribution in [3.8, 4) is 0 Å². The van der Waals surface area contributed by atoms with Gasteiger partial charge in [0.25, 0.3) is 0 Å². The van der Waals surface area contributed by atoms with E-state index in [1.54, 1.807) is 14.2 Å². The first-order valence-corrected chi connectivity index (χ1v) is 9.66. The second kappa shape index (κ2) is 6.67. The molecule has 0 bridgehead atoms. The molecule has 5 heteroatoms. The molecular weight excluding hydrogens is 260 g/mol. The summed E-state index contributed by atoms with van der Waals surface area (Å²) >= 11 is 0. The molecule has 0 amide bonds. The van der Waals surface area contributed by atoms with Gasteiger partial charge in [0, 0.05) is 20.8 Å². The van der Waals surface area contributed by atoms with Crippen LogP contribution in [0.2, 0.25) is 6.04 Å². The summed E-state index contributed by atoms with van der Waals surface area (Å²) in [6.07, 6.45) is 5.82. The zero-order valence-corrected chi connectivity index (χ0v) is 13.7. The molecule has 1 saturated carbocycles. The molecule has 1 aliphatic heterocycles. The van der Waals surface area contributed by atoms with E-state index >= 15 is 0 Å². The van der Waals surface area contributed by atoms with Crippen molar-refractivity contribution in [3.63, 3.8) is 0 Å². The predicted octanol–water partition coefficient (Wildman–Crippen LogP) is 2.64. The lowest BCUT2D eigenvalue weighted by Crippen LogP contribution is -2.53. The first-order valence-electron chi connectivity index (χ1n) is 7.56. The summed E-state index contributed by atoms with van der Waals surface area (Å²) in [6, 6.07) is 0.930. The molecule has 4 nitrogen and oxygen atoms in total. The van der Waals surface area contributed by atoms with Crippen molar-refractivity contribution in [2.24, 2.45) is 5.92 Å². The third kappa shape index (κ3) is 3.39. The molecule has 1 heterocycles. The fourth-order valence-electron chi connectivity index (χ4n) is 3.44. The third-order valence-electron chi connectivity index (χ3n) is 4.70. The van der Waals surface area contributed by atoms with E-state index in [1.165, 1.54) is 19.3 Å². The van der Waals surface area contributed by atoms with Crippen LogP contribution in [0.4, 0.5) is 0 Å². The third-order valence-corrected chi connectivity index (χ3v) is 8.45. The largest absolute Gasteiger partial charge is 0.396 e. The predicted molar refractivity (Wildman–Crippen MR) is 76.3 cm³/mol. The minimum absolute atomic E-state index is 0.137. The minimum Gasteiger partial charge on any atom is -0.396 e. The summed E-state index contributed by atoms with van der Waals surface area (Å²) in [5.41, 5.74) is 0.137. The van der Waals surface area contributed by atoms with E-state index in [4.69, 9.17) is 18.3 Å². The monoisotopic (exact) mass is 288 g/mol. The Kier molecular flexibility index (Phi) is 5.43. The molecular formula is C14H28O4Si. The van der Waals surface area contributed by atoms with Crippen LogP contribution in [0.5, 0.6) is 0 Å². The molecule has 0 spiro atoms. The van der Waals surface area contributed by atoms with E-state index in [1.807, 2.05) is 6.92 Å². The summed E-state index contributed by atoms with van der Waals surface area (Å²) in [4.78, 5) is 0. The smallest absolute Gasteiger partial charge is 0.367 e. The van der Waals surface area contributed by atoms with E-state index in [-0.39, 0.29) is 5.73 Å². The van der Waals surface area contributed by atoms with Crippen LogP contribution in [0.15, 0.2) is 0 Å². The summed E-state index contributed by atoms with van der Waals surface area (Å²) in [7, 11) is 1.32. The maximum Gasteiger partial charge on any atom is 0.367 e. The number of epoxide rings is 1. The van der Waals surface area contributed by atoms with Gasteiger partial charge in [-0.25, -0.2) is 0 Å². The number of fused-ring (bicyclic) bond motifs is 1. The van der Waals surface area contributed by atoms with Gasteiger partial charge in [0.15, 0.2) is 0 Å². The fraction of sp³-hybridized carbons (Fsp3) is 1.00. The van der Waals surface area contributed by atoms with Crippen molar-refractivity contribution in [1.29, 1.82) is 0 Å². The molecule has 0 radical (unpaired) electrons.